The van der Waals surface area contributed by atoms with E-state index in [4.69, 9.17) is 4.74 Å². The van der Waals surface area contributed by atoms with Crippen molar-refractivity contribution in [3.05, 3.63) is 96.1 Å². The number of amides is 2. The average Bonchev–Trinajstić information content (AvgIpc) is 3.59. The molecule has 2 amide bonds. The molecule has 4 rings (SSSR count). The minimum atomic E-state index is -0.234. The topological polar surface area (TPSA) is 67.4 Å². The van der Waals surface area contributed by atoms with Gasteiger partial charge in [-0.3, -0.25) is 9.59 Å². The van der Waals surface area contributed by atoms with E-state index in [0.717, 1.165) is 24.2 Å². The van der Waals surface area contributed by atoms with Crippen molar-refractivity contribution in [1.29, 1.82) is 0 Å². The quantitative estimate of drug-likeness (QED) is 0.549. The van der Waals surface area contributed by atoms with Crippen LogP contribution in [0.15, 0.2) is 84.9 Å². The van der Waals surface area contributed by atoms with Gasteiger partial charge >= 0.3 is 0 Å². The summed E-state index contributed by atoms with van der Waals surface area (Å²) < 4.78 is 5.74. The number of carbonyl (C=O) groups is 2. The molecule has 0 saturated heterocycles. The van der Waals surface area contributed by atoms with Crippen molar-refractivity contribution in [3.63, 3.8) is 0 Å². The van der Waals surface area contributed by atoms with E-state index >= 15 is 0 Å². The maximum absolute atomic E-state index is 12.2. The maximum atomic E-state index is 12.2. The number of hydrogen-bond donors (Lipinski definition) is 2. The fourth-order valence-electron chi connectivity index (χ4n) is 2.83. The first kappa shape index (κ1) is 19.5. The third-order valence-corrected chi connectivity index (χ3v) is 4.61. The molecule has 0 spiro atoms. The van der Waals surface area contributed by atoms with E-state index in [1.807, 2.05) is 42.5 Å². The summed E-state index contributed by atoms with van der Waals surface area (Å²) in [5.74, 6) is 1.17. The van der Waals surface area contributed by atoms with E-state index in [1.54, 1.807) is 42.5 Å². The molecule has 0 unspecified atom stereocenters. The summed E-state index contributed by atoms with van der Waals surface area (Å²) in [6.45, 7) is 0. The standard InChI is InChI=1S/C25H22N2O3/c28-24(17-8-18-6-9-19(10-7-18)25(29)27-21-11-12-21)26-20-13-15-23(16-14-20)30-22-4-2-1-3-5-22/h1-10,13-17,21H,11-12H2,(H,26,28)(H,27,29). The second-order valence-electron chi connectivity index (χ2n) is 7.13. The fraction of sp³-hybridized carbons (Fsp3) is 0.120. The summed E-state index contributed by atoms with van der Waals surface area (Å²) in [5.41, 5.74) is 2.15. The minimum absolute atomic E-state index is 0.0505. The predicted molar refractivity (Wildman–Crippen MR) is 118 cm³/mol. The van der Waals surface area contributed by atoms with Crippen molar-refractivity contribution in [3.8, 4) is 11.5 Å². The van der Waals surface area contributed by atoms with Gasteiger partial charge in [0.1, 0.15) is 11.5 Å². The molecule has 0 heterocycles. The van der Waals surface area contributed by atoms with Gasteiger partial charge in [-0.15, -0.1) is 0 Å². The Balaban J connectivity index is 1.29. The minimum Gasteiger partial charge on any atom is -0.457 e. The second-order valence-corrected chi connectivity index (χ2v) is 7.13. The summed E-state index contributed by atoms with van der Waals surface area (Å²) in [5, 5.41) is 5.77. The van der Waals surface area contributed by atoms with Crippen molar-refractivity contribution in [2.75, 3.05) is 5.32 Å². The molecule has 0 radical (unpaired) electrons. The summed E-state index contributed by atoms with van der Waals surface area (Å²) in [6, 6.07) is 24.2. The van der Waals surface area contributed by atoms with Gasteiger partial charge in [0.2, 0.25) is 5.91 Å². The number of nitrogens with one attached hydrogen (secondary N) is 2. The SMILES string of the molecule is O=C(C=Cc1ccc(C(=O)NC2CC2)cc1)Nc1ccc(Oc2ccccc2)cc1. The molecule has 5 heteroatoms. The molecular weight excluding hydrogens is 376 g/mol. The highest BCUT2D eigenvalue weighted by Gasteiger charge is 2.23. The third kappa shape index (κ3) is 5.58. The van der Waals surface area contributed by atoms with E-state index in [9.17, 15) is 9.59 Å². The van der Waals surface area contributed by atoms with Gasteiger partial charge in [-0.1, -0.05) is 30.3 Å². The highest BCUT2D eigenvalue weighted by Crippen LogP contribution is 2.22. The summed E-state index contributed by atoms with van der Waals surface area (Å²) in [4.78, 5) is 24.2. The highest BCUT2D eigenvalue weighted by molar-refractivity contribution is 6.02. The lowest BCUT2D eigenvalue weighted by molar-refractivity contribution is -0.111. The zero-order chi connectivity index (χ0) is 20.8. The number of rotatable bonds is 7. The van der Waals surface area contributed by atoms with Crippen LogP contribution in [0.3, 0.4) is 0 Å². The first-order valence-corrected chi connectivity index (χ1v) is 9.89. The fourth-order valence-corrected chi connectivity index (χ4v) is 2.83. The van der Waals surface area contributed by atoms with Crippen LogP contribution in [0.25, 0.3) is 6.08 Å². The summed E-state index contributed by atoms with van der Waals surface area (Å²) in [7, 11) is 0. The van der Waals surface area contributed by atoms with Crippen molar-refractivity contribution >= 4 is 23.6 Å². The Hall–Kier alpha value is -3.86. The van der Waals surface area contributed by atoms with Crippen LogP contribution in [0.5, 0.6) is 11.5 Å². The van der Waals surface area contributed by atoms with Crippen molar-refractivity contribution < 1.29 is 14.3 Å². The largest absolute Gasteiger partial charge is 0.457 e. The first-order valence-electron chi connectivity index (χ1n) is 9.89. The molecule has 3 aromatic rings. The Kier molecular flexibility index (Phi) is 5.90. The Morgan fingerprint density at radius 2 is 1.50 bits per heavy atom. The zero-order valence-electron chi connectivity index (χ0n) is 16.4. The lowest BCUT2D eigenvalue weighted by Crippen LogP contribution is -2.25. The van der Waals surface area contributed by atoms with E-state index in [1.165, 1.54) is 6.08 Å². The van der Waals surface area contributed by atoms with Crippen molar-refractivity contribution in [1.82, 2.24) is 5.32 Å². The van der Waals surface area contributed by atoms with Gasteiger partial charge in [-0.25, -0.2) is 0 Å². The molecule has 1 aliphatic rings. The van der Waals surface area contributed by atoms with Crippen LogP contribution < -0.4 is 15.4 Å². The molecule has 0 atom stereocenters. The molecule has 1 aliphatic carbocycles. The Bertz CT molecular complexity index is 1040. The van der Waals surface area contributed by atoms with E-state index in [0.29, 0.717) is 23.0 Å². The van der Waals surface area contributed by atoms with Crippen LogP contribution in [0.1, 0.15) is 28.8 Å². The molecule has 3 aromatic carbocycles. The molecule has 0 aromatic heterocycles. The monoisotopic (exact) mass is 398 g/mol. The van der Waals surface area contributed by atoms with Gasteiger partial charge in [0.25, 0.3) is 5.91 Å². The Morgan fingerprint density at radius 1 is 0.833 bits per heavy atom. The predicted octanol–water partition coefficient (Wildman–Crippen LogP) is 5.02. The van der Waals surface area contributed by atoms with Gasteiger partial charge in [-0.2, -0.15) is 0 Å². The number of carbonyl (C=O) groups excluding carboxylic acids is 2. The molecule has 150 valence electrons. The van der Waals surface area contributed by atoms with E-state index < -0.39 is 0 Å². The van der Waals surface area contributed by atoms with Crippen LogP contribution in [0.2, 0.25) is 0 Å². The van der Waals surface area contributed by atoms with Gasteiger partial charge in [0.15, 0.2) is 0 Å². The van der Waals surface area contributed by atoms with Crippen molar-refractivity contribution in [2.24, 2.45) is 0 Å². The second kappa shape index (κ2) is 9.09. The molecule has 1 fully saturated rings. The van der Waals surface area contributed by atoms with Crippen molar-refractivity contribution in [2.45, 2.75) is 18.9 Å². The van der Waals surface area contributed by atoms with Gasteiger partial charge in [-0.05, 0) is 73.0 Å². The smallest absolute Gasteiger partial charge is 0.251 e. The molecule has 5 nitrogen and oxygen atoms in total. The average molecular weight is 398 g/mol. The lowest BCUT2D eigenvalue weighted by Gasteiger charge is -2.07. The van der Waals surface area contributed by atoms with Crippen LogP contribution in [0, 0.1) is 0 Å². The van der Waals surface area contributed by atoms with Crippen LogP contribution >= 0.6 is 0 Å². The Labute approximate surface area is 175 Å². The van der Waals surface area contributed by atoms with Crippen LogP contribution in [-0.4, -0.2) is 17.9 Å². The number of anilines is 1. The van der Waals surface area contributed by atoms with E-state index in [-0.39, 0.29) is 11.8 Å². The Morgan fingerprint density at radius 3 is 2.17 bits per heavy atom. The van der Waals surface area contributed by atoms with Gasteiger partial charge in [0, 0.05) is 23.4 Å². The van der Waals surface area contributed by atoms with Gasteiger partial charge < -0.3 is 15.4 Å². The maximum Gasteiger partial charge on any atom is 0.251 e. The normalized spacial score (nSPS) is 13.1. The van der Waals surface area contributed by atoms with Crippen LogP contribution in [-0.2, 0) is 4.79 Å². The number of para-hydroxylation sites is 1. The number of benzene rings is 3. The molecule has 1 saturated carbocycles. The summed E-state index contributed by atoms with van der Waals surface area (Å²) >= 11 is 0. The first-order chi connectivity index (χ1) is 14.7. The van der Waals surface area contributed by atoms with E-state index in [2.05, 4.69) is 10.6 Å². The molecule has 30 heavy (non-hydrogen) atoms. The van der Waals surface area contributed by atoms with Gasteiger partial charge in [0.05, 0.1) is 0 Å². The molecule has 2 N–H and O–H groups in total. The highest BCUT2D eigenvalue weighted by atomic mass is 16.5. The molecule has 0 aliphatic heterocycles. The van der Waals surface area contributed by atoms with Crippen LogP contribution in [0.4, 0.5) is 5.69 Å². The third-order valence-electron chi connectivity index (χ3n) is 4.61. The zero-order valence-corrected chi connectivity index (χ0v) is 16.4. The number of hydrogen-bond acceptors (Lipinski definition) is 3. The molecular formula is C25H22N2O3. The lowest BCUT2D eigenvalue weighted by atomic mass is 10.1. The number of ether oxygens (including phenoxy) is 1. The molecule has 0 bridgehead atoms. The summed E-state index contributed by atoms with van der Waals surface area (Å²) in [6.07, 6.45) is 5.30.